The number of hydrogen-bond acceptors (Lipinski definition) is 7. The number of pyridine rings is 2. The highest BCUT2D eigenvalue weighted by Crippen LogP contribution is 2.33. The van der Waals surface area contributed by atoms with Crippen molar-refractivity contribution in [2.45, 2.75) is 45.6 Å². The first-order valence-electron chi connectivity index (χ1n) is 12.1. The van der Waals surface area contributed by atoms with Gasteiger partial charge in [0.15, 0.2) is 11.5 Å². The number of alkyl halides is 4. The monoisotopic (exact) mass is 512 g/mol. The molecule has 192 valence electrons. The lowest BCUT2D eigenvalue weighted by molar-refractivity contribution is -0.146. The third kappa shape index (κ3) is 4.13. The van der Waals surface area contributed by atoms with Crippen molar-refractivity contribution in [3.63, 3.8) is 0 Å². The van der Waals surface area contributed by atoms with Crippen LogP contribution in [0.25, 0.3) is 16.8 Å². The number of fused-ring (bicyclic) bond motifs is 2. The fourth-order valence-electron chi connectivity index (χ4n) is 5.03. The molecule has 0 aliphatic carbocycles. The van der Waals surface area contributed by atoms with Gasteiger partial charge in [0, 0.05) is 66.4 Å². The minimum absolute atomic E-state index is 0.0989. The van der Waals surface area contributed by atoms with E-state index in [1.165, 1.54) is 0 Å². The molecule has 0 aromatic carbocycles. The molecule has 37 heavy (non-hydrogen) atoms. The van der Waals surface area contributed by atoms with Crippen molar-refractivity contribution in [2.75, 3.05) is 29.4 Å². The molecule has 2 aliphatic rings. The van der Waals surface area contributed by atoms with Gasteiger partial charge in [0.05, 0.1) is 6.54 Å². The van der Waals surface area contributed by atoms with E-state index < -0.39 is 18.2 Å². The van der Waals surface area contributed by atoms with Crippen LogP contribution in [0.5, 0.6) is 0 Å². The van der Waals surface area contributed by atoms with Gasteiger partial charge in [-0.25, -0.2) is 9.37 Å². The zero-order chi connectivity index (χ0) is 25.9. The van der Waals surface area contributed by atoms with E-state index in [1.807, 2.05) is 41.1 Å². The second-order valence-electron chi connectivity index (χ2n) is 9.57. The molecule has 6 rings (SSSR count). The lowest BCUT2D eigenvalue weighted by atomic mass is 10.0. The average molecular weight is 513 g/mol. The van der Waals surface area contributed by atoms with Gasteiger partial charge in [-0.2, -0.15) is 17.7 Å². The van der Waals surface area contributed by atoms with Crippen LogP contribution in [0.15, 0.2) is 30.6 Å². The summed E-state index contributed by atoms with van der Waals surface area (Å²) < 4.78 is 54.8. The molecule has 0 saturated carbocycles. The Morgan fingerprint density at radius 3 is 2.46 bits per heavy atom. The maximum absolute atomic E-state index is 13.6. The van der Waals surface area contributed by atoms with Gasteiger partial charge < -0.3 is 9.80 Å². The van der Waals surface area contributed by atoms with Gasteiger partial charge in [-0.1, -0.05) is 0 Å². The van der Waals surface area contributed by atoms with Gasteiger partial charge in [0.1, 0.15) is 12.0 Å². The Kier molecular flexibility index (Phi) is 5.50. The highest BCUT2D eigenvalue weighted by atomic mass is 19.4. The normalized spacial score (nSPS) is 18.1. The summed E-state index contributed by atoms with van der Waals surface area (Å²) in [7, 11) is 0. The molecular weight excluding hydrogens is 488 g/mol. The molecule has 12 heteroatoms. The van der Waals surface area contributed by atoms with E-state index in [0.29, 0.717) is 50.4 Å². The minimum atomic E-state index is -4.66. The van der Waals surface area contributed by atoms with Crippen LogP contribution in [0.3, 0.4) is 0 Å². The zero-order valence-corrected chi connectivity index (χ0v) is 20.3. The summed E-state index contributed by atoms with van der Waals surface area (Å²) in [4.78, 5) is 13.1. The summed E-state index contributed by atoms with van der Waals surface area (Å²) in [6.45, 7) is 5.61. The number of aryl methyl sites for hydroxylation is 1. The third-order valence-corrected chi connectivity index (χ3v) is 7.20. The van der Waals surface area contributed by atoms with Crippen molar-refractivity contribution in [3.8, 4) is 11.1 Å². The van der Waals surface area contributed by atoms with Crippen molar-refractivity contribution in [1.29, 1.82) is 0 Å². The fourth-order valence-corrected chi connectivity index (χ4v) is 5.03. The topological polar surface area (TPSA) is 75.3 Å². The zero-order valence-electron chi connectivity index (χ0n) is 20.3. The summed E-state index contributed by atoms with van der Waals surface area (Å²) >= 11 is 0. The number of rotatable bonds is 3. The van der Waals surface area contributed by atoms with Crippen LogP contribution in [0.2, 0.25) is 0 Å². The average Bonchev–Trinajstić information content (AvgIpc) is 3.52. The Bertz CT molecular complexity index is 1480. The molecule has 0 spiro atoms. The molecule has 2 aliphatic heterocycles. The van der Waals surface area contributed by atoms with Crippen LogP contribution in [-0.4, -0.2) is 55.6 Å². The highest BCUT2D eigenvalue weighted by molar-refractivity contribution is 5.65. The van der Waals surface area contributed by atoms with Crippen molar-refractivity contribution >= 4 is 17.3 Å². The molecule has 0 N–H and O–H groups in total. The van der Waals surface area contributed by atoms with Gasteiger partial charge in [0.2, 0.25) is 0 Å². The van der Waals surface area contributed by atoms with Gasteiger partial charge in [-0.3, -0.25) is 4.98 Å². The summed E-state index contributed by atoms with van der Waals surface area (Å²) in [5, 5.41) is 11.4. The molecule has 4 aromatic rings. The Balaban J connectivity index is 1.30. The van der Waals surface area contributed by atoms with Gasteiger partial charge >= 0.3 is 6.18 Å². The second kappa shape index (κ2) is 8.63. The summed E-state index contributed by atoms with van der Waals surface area (Å²) in [6.07, 6.45) is -0.751. The SMILES string of the molecule is Cc1c(N2CCc3ncc(-c4ccc(N5CC[C@H](F)C5)nc4)cc3C2)nn2c(C(F)(F)F)nnc2c1C. The first-order valence-corrected chi connectivity index (χ1v) is 12.1. The lowest BCUT2D eigenvalue weighted by Gasteiger charge is -2.31. The molecule has 8 nitrogen and oxygen atoms in total. The van der Waals surface area contributed by atoms with Gasteiger partial charge in [-0.05, 0) is 44.0 Å². The molecule has 1 fully saturated rings. The maximum atomic E-state index is 13.6. The molecule has 6 heterocycles. The van der Waals surface area contributed by atoms with Crippen molar-refractivity contribution < 1.29 is 17.6 Å². The van der Waals surface area contributed by atoms with Gasteiger partial charge in [-0.15, -0.1) is 15.3 Å². The predicted molar refractivity (Wildman–Crippen MR) is 129 cm³/mol. The first-order chi connectivity index (χ1) is 17.7. The van der Waals surface area contributed by atoms with E-state index in [9.17, 15) is 17.6 Å². The van der Waals surface area contributed by atoms with Crippen molar-refractivity contribution in [3.05, 3.63) is 58.8 Å². The Hall–Kier alpha value is -3.83. The van der Waals surface area contributed by atoms with E-state index in [2.05, 4.69) is 25.3 Å². The van der Waals surface area contributed by atoms with Crippen molar-refractivity contribution in [1.82, 2.24) is 29.8 Å². The standard InChI is InChI=1S/C25H24F4N8/c1-14-15(2)23(34-37-22(14)32-33-24(37)25(27,28)29)36-8-6-20-18(12-36)9-17(11-30-20)16-3-4-21(31-10-16)35-7-5-19(26)13-35/h3-4,9-11,19H,5-8,12-13H2,1-2H3/t19-/m0/s1. The number of halogens is 4. The Morgan fingerprint density at radius 2 is 1.76 bits per heavy atom. The van der Waals surface area contributed by atoms with Gasteiger partial charge in [0.25, 0.3) is 5.82 Å². The molecule has 1 atom stereocenters. The van der Waals surface area contributed by atoms with E-state index in [0.717, 1.165) is 38.3 Å². The molecule has 0 radical (unpaired) electrons. The minimum Gasteiger partial charge on any atom is -0.354 e. The molecule has 0 unspecified atom stereocenters. The fraction of sp³-hybridized carbons (Fsp3) is 0.400. The summed E-state index contributed by atoms with van der Waals surface area (Å²) in [5.74, 6) is 0.0785. The van der Waals surface area contributed by atoms with Crippen LogP contribution < -0.4 is 9.80 Å². The predicted octanol–water partition coefficient (Wildman–Crippen LogP) is 4.33. The van der Waals surface area contributed by atoms with Crippen LogP contribution >= 0.6 is 0 Å². The Morgan fingerprint density at radius 1 is 0.946 bits per heavy atom. The van der Waals surface area contributed by atoms with Crippen LogP contribution in [0.1, 0.15) is 34.6 Å². The number of nitrogens with zero attached hydrogens (tertiary/aromatic N) is 8. The largest absolute Gasteiger partial charge is 0.453 e. The molecular formula is C25H24F4N8. The number of aromatic nitrogens is 6. The lowest BCUT2D eigenvalue weighted by Crippen LogP contribution is -2.33. The van der Waals surface area contributed by atoms with Crippen LogP contribution in [-0.2, 0) is 19.1 Å². The maximum Gasteiger partial charge on any atom is 0.453 e. The molecule has 0 bridgehead atoms. The second-order valence-corrected chi connectivity index (χ2v) is 9.57. The third-order valence-electron chi connectivity index (χ3n) is 7.20. The molecule has 4 aromatic heterocycles. The number of hydrogen-bond donors (Lipinski definition) is 0. The van der Waals surface area contributed by atoms with Crippen LogP contribution in [0.4, 0.5) is 29.2 Å². The molecule has 1 saturated heterocycles. The quantitative estimate of drug-likeness (QED) is 0.379. The van der Waals surface area contributed by atoms with Crippen LogP contribution in [0, 0.1) is 13.8 Å². The van der Waals surface area contributed by atoms with E-state index in [1.54, 1.807) is 13.1 Å². The first kappa shape index (κ1) is 23.6. The highest BCUT2D eigenvalue weighted by Gasteiger charge is 2.38. The summed E-state index contributed by atoms with van der Waals surface area (Å²) in [6, 6.07) is 5.88. The summed E-state index contributed by atoms with van der Waals surface area (Å²) in [5.41, 5.74) is 5.17. The van der Waals surface area contributed by atoms with E-state index in [4.69, 9.17) is 0 Å². The van der Waals surface area contributed by atoms with E-state index >= 15 is 0 Å². The van der Waals surface area contributed by atoms with E-state index in [-0.39, 0.29) is 5.65 Å². The smallest absolute Gasteiger partial charge is 0.354 e. The number of anilines is 2. The Labute approximate surface area is 210 Å². The molecule has 0 amide bonds. The van der Waals surface area contributed by atoms with Crippen molar-refractivity contribution in [2.24, 2.45) is 0 Å².